The number of hydrogen-bond acceptors (Lipinski definition) is 3. The number of nitrogens with one attached hydrogen (secondary N) is 1. The second kappa shape index (κ2) is 10.1. The van der Waals surface area contributed by atoms with Crippen molar-refractivity contribution in [2.24, 2.45) is 0 Å². The molecule has 1 aromatic carbocycles. The molecule has 3 rings (SSSR count). The maximum atomic E-state index is 13.0. The number of rotatable bonds is 8. The van der Waals surface area contributed by atoms with Gasteiger partial charge in [-0.1, -0.05) is 51.5 Å². The third kappa shape index (κ3) is 5.69. The molecule has 29 heavy (non-hydrogen) atoms. The van der Waals surface area contributed by atoms with Crippen molar-refractivity contribution in [3.8, 4) is 0 Å². The Morgan fingerprint density at radius 1 is 1.17 bits per heavy atom. The maximum Gasteiger partial charge on any atom is 0.245 e. The van der Waals surface area contributed by atoms with Crippen LogP contribution in [0.5, 0.6) is 0 Å². The Bertz CT molecular complexity index is 826. The Balaban J connectivity index is 1.54. The van der Waals surface area contributed by atoms with Crippen molar-refractivity contribution in [1.82, 2.24) is 10.2 Å². The van der Waals surface area contributed by atoms with Gasteiger partial charge in [0.25, 0.3) is 0 Å². The Kier molecular flexibility index (Phi) is 7.48. The Morgan fingerprint density at radius 2 is 1.93 bits per heavy atom. The van der Waals surface area contributed by atoms with Crippen molar-refractivity contribution in [2.75, 3.05) is 6.54 Å². The van der Waals surface area contributed by atoms with Crippen molar-refractivity contribution in [1.29, 1.82) is 0 Å². The fraction of sp³-hybridized carbons (Fsp3) is 0.500. The molecule has 2 heterocycles. The average Bonchev–Trinajstić information content (AvgIpc) is 3.19. The van der Waals surface area contributed by atoms with E-state index in [9.17, 15) is 9.59 Å². The van der Waals surface area contributed by atoms with Gasteiger partial charge in [-0.2, -0.15) is 0 Å². The lowest BCUT2D eigenvalue weighted by molar-refractivity contribution is -0.137. The highest BCUT2D eigenvalue weighted by Crippen LogP contribution is 2.24. The minimum absolute atomic E-state index is 0.0435. The van der Waals surface area contributed by atoms with E-state index in [1.165, 1.54) is 16.0 Å². The second-order valence-corrected chi connectivity index (χ2v) is 9.18. The predicted octanol–water partition coefficient (Wildman–Crippen LogP) is 4.67. The van der Waals surface area contributed by atoms with Crippen LogP contribution in [0.15, 0.2) is 35.7 Å². The van der Waals surface area contributed by atoms with E-state index in [0.29, 0.717) is 31.7 Å². The van der Waals surface area contributed by atoms with Crippen LogP contribution in [-0.4, -0.2) is 29.3 Å². The van der Waals surface area contributed by atoms with Crippen LogP contribution in [0.25, 0.3) is 0 Å². The molecule has 2 amide bonds. The standard InChI is InChI=1S/C24H32N2O2S/c1-4-5-21(24(28)26-14-12-22-20(16-26)13-15-29-22)25-23(27)11-8-18-6-9-19(10-7-18)17(2)3/h6-7,9-10,13,15,17,21H,4-5,8,11-12,14,16H2,1-3H3,(H,25,27). The van der Waals surface area contributed by atoms with Crippen LogP contribution in [0.2, 0.25) is 0 Å². The topological polar surface area (TPSA) is 49.4 Å². The molecule has 0 fully saturated rings. The van der Waals surface area contributed by atoms with Gasteiger partial charge in [-0.15, -0.1) is 11.3 Å². The van der Waals surface area contributed by atoms with E-state index in [0.717, 1.165) is 24.9 Å². The minimum atomic E-state index is -0.420. The summed E-state index contributed by atoms with van der Waals surface area (Å²) in [5.41, 5.74) is 3.71. The lowest BCUT2D eigenvalue weighted by atomic mass is 10.00. The van der Waals surface area contributed by atoms with Crippen molar-refractivity contribution in [3.63, 3.8) is 0 Å². The fourth-order valence-corrected chi connectivity index (χ4v) is 4.69. The molecular weight excluding hydrogens is 380 g/mol. The SMILES string of the molecule is CCCC(NC(=O)CCc1ccc(C(C)C)cc1)C(=O)N1CCc2sccc2C1. The molecule has 0 saturated carbocycles. The molecule has 4 nitrogen and oxygen atoms in total. The van der Waals surface area contributed by atoms with E-state index in [1.807, 2.05) is 4.90 Å². The van der Waals surface area contributed by atoms with Gasteiger partial charge in [-0.25, -0.2) is 0 Å². The summed E-state index contributed by atoms with van der Waals surface area (Å²) in [6.07, 6.45) is 3.56. The van der Waals surface area contributed by atoms with Crippen LogP contribution in [0.1, 0.15) is 67.5 Å². The molecule has 5 heteroatoms. The van der Waals surface area contributed by atoms with Gasteiger partial charge in [0.05, 0.1) is 0 Å². The highest BCUT2D eigenvalue weighted by atomic mass is 32.1. The molecule has 1 aliphatic heterocycles. The quantitative estimate of drug-likeness (QED) is 0.685. The van der Waals surface area contributed by atoms with E-state index in [-0.39, 0.29) is 11.8 Å². The number of thiophene rings is 1. The smallest absolute Gasteiger partial charge is 0.245 e. The largest absolute Gasteiger partial charge is 0.344 e. The highest BCUT2D eigenvalue weighted by molar-refractivity contribution is 7.10. The number of carbonyl (C=O) groups is 2. The molecule has 2 aromatic rings. The van der Waals surface area contributed by atoms with Crippen LogP contribution in [0, 0.1) is 0 Å². The lowest BCUT2D eigenvalue weighted by Gasteiger charge is -2.31. The van der Waals surface area contributed by atoms with Gasteiger partial charge in [0.2, 0.25) is 11.8 Å². The summed E-state index contributed by atoms with van der Waals surface area (Å²) < 4.78 is 0. The monoisotopic (exact) mass is 412 g/mol. The van der Waals surface area contributed by atoms with E-state index in [4.69, 9.17) is 0 Å². The molecular formula is C24H32N2O2S. The zero-order valence-electron chi connectivity index (χ0n) is 17.7. The normalized spacial score (nSPS) is 14.6. The zero-order chi connectivity index (χ0) is 20.8. The number of hydrogen-bond donors (Lipinski definition) is 1. The molecule has 0 radical (unpaired) electrons. The Morgan fingerprint density at radius 3 is 2.62 bits per heavy atom. The maximum absolute atomic E-state index is 13.0. The third-order valence-corrected chi connectivity index (χ3v) is 6.64. The molecule has 0 aliphatic carbocycles. The van der Waals surface area contributed by atoms with Crippen LogP contribution >= 0.6 is 11.3 Å². The first kappa shape index (κ1) is 21.6. The van der Waals surface area contributed by atoms with Gasteiger partial charge in [0.15, 0.2) is 0 Å². The summed E-state index contributed by atoms with van der Waals surface area (Å²) in [6.45, 7) is 7.81. The third-order valence-electron chi connectivity index (χ3n) is 5.62. The predicted molar refractivity (Wildman–Crippen MR) is 119 cm³/mol. The lowest BCUT2D eigenvalue weighted by Crippen LogP contribution is -2.49. The number of fused-ring (bicyclic) bond motifs is 1. The number of carbonyl (C=O) groups excluding carboxylic acids is 2. The van der Waals surface area contributed by atoms with E-state index >= 15 is 0 Å². The zero-order valence-corrected chi connectivity index (χ0v) is 18.6. The van der Waals surface area contributed by atoms with Crippen LogP contribution in [0.4, 0.5) is 0 Å². The second-order valence-electron chi connectivity index (χ2n) is 8.18. The molecule has 156 valence electrons. The fourth-order valence-electron chi connectivity index (χ4n) is 3.80. The van der Waals surface area contributed by atoms with Gasteiger partial charge >= 0.3 is 0 Å². The van der Waals surface area contributed by atoms with Crippen LogP contribution in [-0.2, 0) is 29.0 Å². The van der Waals surface area contributed by atoms with E-state index in [2.05, 4.69) is 61.8 Å². The van der Waals surface area contributed by atoms with E-state index in [1.54, 1.807) is 11.3 Å². The highest BCUT2D eigenvalue weighted by Gasteiger charge is 2.28. The number of aryl methyl sites for hydroxylation is 1. The van der Waals surface area contributed by atoms with Crippen molar-refractivity contribution < 1.29 is 9.59 Å². The molecule has 0 bridgehead atoms. The summed E-state index contributed by atoms with van der Waals surface area (Å²) in [5.74, 6) is 0.518. The van der Waals surface area contributed by atoms with Crippen molar-refractivity contribution >= 4 is 23.2 Å². The molecule has 1 N–H and O–H groups in total. The summed E-state index contributed by atoms with van der Waals surface area (Å²) in [6, 6.07) is 10.2. The Hall–Kier alpha value is -2.14. The van der Waals surface area contributed by atoms with E-state index < -0.39 is 6.04 Å². The molecule has 0 saturated heterocycles. The summed E-state index contributed by atoms with van der Waals surface area (Å²) in [4.78, 5) is 28.9. The first-order valence-corrected chi connectivity index (χ1v) is 11.6. The Labute approximate surface area is 178 Å². The van der Waals surface area contributed by atoms with Crippen LogP contribution < -0.4 is 5.32 Å². The first-order chi connectivity index (χ1) is 14.0. The van der Waals surface area contributed by atoms with Gasteiger partial charge in [-0.3, -0.25) is 9.59 Å². The first-order valence-electron chi connectivity index (χ1n) is 10.7. The van der Waals surface area contributed by atoms with Gasteiger partial charge < -0.3 is 10.2 Å². The number of benzene rings is 1. The van der Waals surface area contributed by atoms with Gasteiger partial charge in [0.1, 0.15) is 6.04 Å². The minimum Gasteiger partial charge on any atom is -0.344 e. The number of nitrogens with zero attached hydrogens (tertiary/aromatic N) is 1. The molecule has 0 spiro atoms. The molecule has 1 aliphatic rings. The van der Waals surface area contributed by atoms with Crippen molar-refractivity contribution in [3.05, 3.63) is 57.3 Å². The number of amides is 2. The average molecular weight is 413 g/mol. The molecule has 1 unspecified atom stereocenters. The molecule has 1 aromatic heterocycles. The van der Waals surface area contributed by atoms with Crippen LogP contribution in [0.3, 0.4) is 0 Å². The summed E-state index contributed by atoms with van der Waals surface area (Å²) >= 11 is 1.77. The summed E-state index contributed by atoms with van der Waals surface area (Å²) in [5, 5.41) is 5.10. The van der Waals surface area contributed by atoms with Gasteiger partial charge in [-0.05, 0) is 53.3 Å². The summed E-state index contributed by atoms with van der Waals surface area (Å²) in [7, 11) is 0. The van der Waals surface area contributed by atoms with Gasteiger partial charge in [0, 0.05) is 24.4 Å². The molecule has 1 atom stereocenters. The van der Waals surface area contributed by atoms with Crippen molar-refractivity contribution in [2.45, 2.75) is 71.4 Å².